The minimum Gasteiger partial charge on any atom is -0.396 e. The van der Waals surface area contributed by atoms with Gasteiger partial charge in [0, 0.05) is 25.3 Å². The van der Waals surface area contributed by atoms with Crippen LogP contribution in [0.1, 0.15) is 29.3 Å². The molecule has 1 atom stereocenters. The largest absolute Gasteiger partial charge is 0.396 e. The van der Waals surface area contributed by atoms with Crippen LogP contribution in [0.4, 0.5) is 5.82 Å². The molecule has 0 aliphatic heterocycles. The van der Waals surface area contributed by atoms with Crippen LogP contribution in [0.15, 0.2) is 36.5 Å². The van der Waals surface area contributed by atoms with Gasteiger partial charge in [0.15, 0.2) is 0 Å². The molecule has 0 fully saturated rings. The molecular formula is C16H21N3O. The Hall–Kier alpha value is -1.94. The van der Waals surface area contributed by atoms with E-state index in [9.17, 15) is 5.11 Å². The van der Waals surface area contributed by atoms with Crippen molar-refractivity contribution in [3.8, 4) is 0 Å². The summed E-state index contributed by atoms with van der Waals surface area (Å²) in [6, 6.07) is 10.2. The minimum atomic E-state index is 0.180. The molecule has 0 amide bonds. The Bertz CT molecular complexity index is 543. The van der Waals surface area contributed by atoms with E-state index in [0.717, 1.165) is 30.2 Å². The molecule has 2 rings (SSSR count). The monoisotopic (exact) mass is 271 g/mol. The Morgan fingerprint density at radius 1 is 1.20 bits per heavy atom. The van der Waals surface area contributed by atoms with E-state index in [1.54, 1.807) is 6.20 Å². The summed E-state index contributed by atoms with van der Waals surface area (Å²) in [4.78, 5) is 8.76. The van der Waals surface area contributed by atoms with Gasteiger partial charge in [0.1, 0.15) is 5.82 Å². The summed E-state index contributed by atoms with van der Waals surface area (Å²) in [6.07, 6.45) is 2.50. The van der Waals surface area contributed by atoms with Crippen LogP contribution >= 0.6 is 0 Å². The lowest BCUT2D eigenvalue weighted by molar-refractivity contribution is 0.277. The Kier molecular flexibility index (Phi) is 5.07. The molecule has 1 heterocycles. The molecule has 0 saturated heterocycles. The summed E-state index contributed by atoms with van der Waals surface area (Å²) in [7, 11) is 0. The molecule has 0 saturated carbocycles. The first-order valence-corrected chi connectivity index (χ1v) is 6.90. The van der Waals surface area contributed by atoms with Crippen molar-refractivity contribution in [2.24, 2.45) is 0 Å². The molecule has 1 aromatic heterocycles. The molecule has 2 aromatic rings. The summed E-state index contributed by atoms with van der Waals surface area (Å²) >= 11 is 0. The van der Waals surface area contributed by atoms with Gasteiger partial charge in [-0.3, -0.25) is 4.98 Å². The van der Waals surface area contributed by atoms with Crippen molar-refractivity contribution in [3.63, 3.8) is 0 Å². The number of nitrogens with zero attached hydrogens (tertiary/aromatic N) is 2. The van der Waals surface area contributed by atoms with Crippen LogP contribution in [-0.2, 0) is 0 Å². The van der Waals surface area contributed by atoms with Crippen LogP contribution in [0, 0.1) is 13.8 Å². The predicted octanol–water partition coefficient (Wildman–Crippen LogP) is 2.67. The Balaban J connectivity index is 2.07. The summed E-state index contributed by atoms with van der Waals surface area (Å²) in [5, 5.41) is 12.6. The molecular weight excluding hydrogens is 250 g/mol. The van der Waals surface area contributed by atoms with Crippen molar-refractivity contribution >= 4 is 5.82 Å². The standard InChI is InChI=1S/C16H21N3O/c1-12-10-17-13(2)16(19-12)18-11-15(8-9-20)14-6-4-3-5-7-14/h3-7,10,15,20H,8-9,11H2,1-2H3,(H,18,19)/t15-/m0/s1. The maximum Gasteiger partial charge on any atom is 0.147 e. The Morgan fingerprint density at radius 3 is 2.65 bits per heavy atom. The van der Waals surface area contributed by atoms with E-state index in [2.05, 4.69) is 27.4 Å². The van der Waals surface area contributed by atoms with E-state index in [4.69, 9.17) is 0 Å². The second-order valence-electron chi connectivity index (χ2n) is 4.95. The van der Waals surface area contributed by atoms with Gasteiger partial charge in [0.25, 0.3) is 0 Å². The number of benzene rings is 1. The van der Waals surface area contributed by atoms with Gasteiger partial charge in [-0.2, -0.15) is 0 Å². The Morgan fingerprint density at radius 2 is 1.95 bits per heavy atom. The number of aryl methyl sites for hydroxylation is 2. The van der Waals surface area contributed by atoms with Crippen LogP contribution in [0.2, 0.25) is 0 Å². The summed E-state index contributed by atoms with van der Waals surface area (Å²) in [5.41, 5.74) is 3.02. The third kappa shape index (κ3) is 3.78. The molecule has 106 valence electrons. The van der Waals surface area contributed by atoms with Gasteiger partial charge in [-0.1, -0.05) is 30.3 Å². The van der Waals surface area contributed by atoms with Crippen molar-refractivity contribution in [1.82, 2.24) is 9.97 Å². The fourth-order valence-corrected chi connectivity index (χ4v) is 2.19. The molecule has 0 radical (unpaired) electrons. The molecule has 2 N–H and O–H groups in total. The average molecular weight is 271 g/mol. The third-order valence-electron chi connectivity index (χ3n) is 3.34. The summed E-state index contributed by atoms with van der Waals surface area (Å²) in [6.45, 7) is 4.79. The molecule has 4 heteroatoms. The number of aliphatic hydroxyl groups excluding tert-OH is 1. The molecule has 0 unspecified atom stereocenters. The van der Waals surface area contributed by atoms with Gasteiger partial charge in [0.2, 0.25) is 0 Å². The van der Waals surface area contributed by atoms with Crippen molar-refractivity contribution in [2.75, 3.05) is 18.5 Å². The number of aromatic nitrogens is 2. The van der Waals surface area contributed by atoms with Crippen LogP contribution in [-0.4, -0.2) is 28.2 Å². The Labute approximate surface area is 119 Å². The number of rotatable bonds is 6. The number of anilines is 1. The van der Waals surface area contributed by atoms with E-state index < -0.39 is 0 Å². The van der Waals surface area contributed by atoms with Crippen LogP contribution < -0.4 is 5.32 Å². The first-order valence-electron chi connectivity index (χ1n) is 6.90. The highest BCUT2D eigenvalue weighted by Crippen LogP contribution is 2.20. The van der Waals surface area contributed by atoms with Crippen LogP contribution in [0.3, 0.4) is 0 Å². The first-order chi connectivity index (χ1) is 9.70. The average Bonchev–Trinajstić information content (AvgIpc) is 2.47. The van der Waals surface area contributed by atoms with Gasteiger partial charge >= 0.3 is 0 Å². The molecule has 0 spiro atoms. The van der Waals surface area contributed by atoms with Crippen molar-refractivity contribution in [2.45, 2.75) is 26.2 Å². The molecule has 20 heavy (non-hydrogen) atoms. The highest BCUT2D eigenvalue weighted by Gasteiger charge is 2.12. The number of nitrogens with one attached hydrogen (secondary N) is 1. The van der Waals surface area contributed by atoms with Gasteiger partial charge < -0.3 is 10.4 Å². The maximum atomic E-state index is 9.24. The fraction of sp³-hybridized carbons (Fsp3) is 0.375. The lowest BCUT2D eigenvalue weighted by atomic mass is 9.96. The SMILES string of the molecule is Cc1cnc(C)c(NC[C@H](CCO)c2ccccc2)n1. The second-order valence-corrected chi connectivity index (χ2v) is 4.95. The summed E-state index contributed by atoms with van der Waals surface area (Å²) < 4.78 is 0. The molecule has 0 aliphatic rings. The zero-order valence-corrected chi connectivity index (χ0v) is 12.0. The first kappa shape index (κ1) is 14.5. The van der Waals surface area contributed by atoms with E-state index in [0.29, 0.717) is 0 Å². The number of hydrogen-bond donors (Lipinski definition) is 2. The normalized spacial score (nSPS) is 12.2. The maximum absolute atomic E-state index is 9.24. The summed E-state index contributed by atoms with van der Waals surface area (Å²) in [5.74, 6) is 1.09. The van der Waals surface area contributed by atoms with Crippen LogP contribution in [0.25, 0.3) is 0 Å². The second kappa shape index (κ2) is 7.01. The molecule has 0 aliphatic carbocycles. The van der Waals surface area contributed by atoms with Crippen molar-refractivity contribution < 1.29 is 5.11 Å². The lowest BCUT2D eigenvalue weighted by Gasteiger charge is -2.18. The van der Waals surface area contributed by atoms with Crippen molar-refractivity contribution in [1.29, 1.82) is 0 Å². The van der Waals surface area contributed by atoms with Crippen molar-refractivity contribution in [3.05, 3.63) is 53.5 Å². The van der Waals surface area contributed by atoms with Gasteiger partial charge in [-0.25, -0.2) is 4.98 Å². The molecule has 0 bridgehead atoms. The number of hydrogen-bond acceptors (Lipinski definition) is 4. The minimum absolute atomic E-state index is 0.180. The predicted molar refractivity (Wildman–Crippen MR) is 80.9 cm³/mol. The highest BCUT2D eigenvalue weighted by atomic mass is 16.3. The van der Waals surface area contributed by atoms with Gasteiger partial charge in [0.05, 0.1) is 11.4 Å². The smallest absolute Gasteiger partial charge is 0.147 e. The van der Waals surface area contributed by atoms with E-state index in [1.807, 2.05) is 32.0 Å². The zero-order valence-electron chi connectivity index (χ0n) is 12.0. The lowest BCUT2D eigenvalue weighted by Crippen LogP contribution is -2.16. The topological polar surface area (TPSA) is 58.0 Å². The van der Waals surface area contributed by atoms with Crippen LogP contribution in [0.5, 0.6) is 0 Å². The van der Waals surface area contributed by atoms with Gasteiger partial charge in [-0.05, 0) is 25.8 Å². The quantitative estimate of drug-likeness (QED) is 0.848. The highest BCUT2D eigenvalue weighted by molar-refractivity contribution is 5.40. The van der Waals surface area contributed by atoms with Gasteiger partial charge in [-0.15, -0.1) is 0 Å². The van der Waals surface area contributed by atoms with E-state index >= 15 is 0 Å². The molecule has 1 aromatic carbocycles. The van der Waals surface area contributed by atoms with E-state index in [-0.39, 0.29) is 12.5 Å². The van der Waals surface area contributed by atoms with E-state index in [1.165, 1.54) is 5.56 Å². The molecule has 4 nitrogen and oxygen atoms in total. The fourth-order valence-electron chi connectivity index (χ4n) is 2.19. The zero-order chi connectivity index (χ0) is 14.4. The third-order valence-corrected chi connectivity index (χ3v) is 3.34. The number of aliphatic hydroxyl groups is 1.